The van der Waals surface area contributed by atoms with Gasteiger partial charge in [0.15, 0.2) is 0 Å². The largest absolute Gasteiger partial charge is 0.324 e. The number of hydrogen-bond donors (Lipinski definition) is 1. The summed E-state index contributed by atoms with van der Waals surface area (Å²) in [5.41, 5.74) is 14.7. The summed E-state index contributed by atoms with van der Waals surface area (Å²) in [6, 6.07) is 1.78. The molecule has 0 radical (unpaired) electrons. The van der Waals surface area contributed by atoms with E-state index in [0.717, 1.165) is 5.56 Å². The van der Waals surface area contributed by atoms with E-state index in [1.54, 1.807) is 11.3 Å². The third kappa shape index (κ3) is 2.23. The molecule has 5 heteroatoms. The van der Waals surface area contributed by atoms with E-state index in [1.807, 2.05) is 16.8 Å². The highest BCUT2D eigenvalue weighted by molar-refractivity contribution is 7.07. The van der Waals surface area contributed by atoms with Gasteiger partial charge in [-0.3, -0.25) is 0 Å². The van der Waals surface area contributed by atoms with Crippen LogP contribution < -0.4 is 5.73 Å². The van der Waals surface area contributed by atoms with Crippen molar-refractivity contribution >= 4 is 11.3 Å². The van der Waals surface area contributed by atoms with E-state index >= 15 is 0 Å². The number of hydrogen-bond acceptors (Lipinski definition) is 3. The minimum Gasteiger partial charge on any atom is -0.324 e. The first kappa shape index (κ1) is 8.07. The monoisotopic (exact) mass is 168 g/mol. The summed E-state index contributed by atoms with van der Waals surface area (Å²) in [7, 11) is 0. The Bertz CT molecular complexity index is 250. The van der Waals surface area contributed by atoms with E-state index in [2.05, 4.69) is 10.0 Å². The molecule has 0 aliphatic rings. The Morgan fingerprint density at radius 2 is 2.64 bits per heavy atom. The summed E-state index contributed by atoms with van der Waals surface area (Å²) in [6.07, 6.45) is 0. The highest BCUT2D eigenvalue weighted by atomic mass is 32.1. The molecule has 0 fully saturated rings. The van der Waals surface area contributed by atoms with Gasteiger partial charge in [0.2, 0.25) is 0 Å². The highest BCUT2D eigenvalue weighted by Crippen LogP contribution is 2.13. The molecule has 0 aliphatic heterocycles. The SMILES string of the molecule is [N-]=[N+]=NC[C@@H](N)c1ccsc1. The van der Waals surface area contributed by atoms with Crippen LogP contribution in [-0.2, 0) is 0 Å². The molecule has 0 spiro atoms. The van der Waals surface area contributed by atoms with Crippen LogP contribution in [-0.4, -0.2) is 6.54 Å². The van der Waals surface area contributed by atoms with E-state index < -0.39 is 0 Å². The van der Waals surface area contributed by atoms with Gasteiger partial charge in [0.25, 0.3) is 0 Å². The summed E-state index contributed by atoms with van der Waals surface area (Å²) in [5, 5.41) is 7.29. The molecule has 0 aliphatic carbocycles. The van der Waals surface area contributed by atoms with Crippen LogP contribution in [0.2, 0.25) is 0 Å². The van der Waals surface area contributed by atoms with Crippen LogP contribution in [0.5, 0.6) is 0 Å². The number of nitrogens with two attached hydrogens (primary N) is 1. The van der Waals surface area contributed by atoms with E-state index in [0.29, 0.717) is 6.54 Å². The van der Waals surface area contributed by atoms with Crippen molar-refractivity contribution in [1.29, 1.82) is 0 Å². The molecule has 0 aromatic carbocycles. The van der Waals surface area contributed by atoms with Crippen LogP contribution in [0.3, 0.4) is 0 Å². The van der Waals surface area contributed by atoms with Crippen LogP contribution >= 0.6 is 11.3 Å². The standard InChI is InChI=1S/C6H8N4S/c7-6(3-9-10-8)5-1-2-11-4-5/h1-2,4,6H,3,7H2/t6-/m1/s1. The quantitative estimate of drug-likeness (QED) is 0.418. The fourth-order valence-electron chi connectivity index (χ4n) is 0.716. The summed E-state index contributed by atoms with van der Waals surface area (Å²) in [5.74, 6) is 0. The van der Waals surface area contributed by atoms with Gasteiger partial charge in [-0.25, -0.2) is 0 Å². The summed E-state index contributed by atoms with van der Waals surface area (Å²) >= 11 is 1.59. The second kappa shape index (κ2) is 3.98. The molecule has 0 amide bonds. The van der Waals surface area contributed by atoms with Crippen molar-refractivity contribution in [3.05, 3.63) is 32.8 Å². The number of azide groups is 1. The number of thiophene rings is 1. The zero-order valence-electron chi connectivity index (χ0n) is 5.84. The average Bonchev–Trinajstić information content (AvgIpc) is 2.52. The predicted octanol–water partition coefficient (Wildman–Crippen LogP) is 2.06. The Balaban J connectivity index is 2.55. The maximum atomic E-state index is 8.02. The summed E-state index contributed by atoms with van der Waals surface area (Å²) in [4.78, 5) is 2.63. The van der Waals surface area contributed by atoms with Gasteiger partial charge in [-0.2, -0.15) is 11.3 Å². The molecule has 0 saturated carbocycles. The van der Waals surface area contributed by atoms with Gasteiger partial charge in [0.05, 0.1) is 0 Å². The Morgan fingerprint density at radius 3 is 3.18 bits per heavy atom. The van der Waals surface area contributed by atoms with Crippen LogP contribution in [0.4, 0.5) is 0 Å². The summed E-state index contributed by atoms with van der Waals surface area (Å²) < 4.78 is 0. The van der Waals surface area contributed by atoms with Crippen LogP contribution in [0, 0.1) is 0 Å². The fraction of sp³-hybridized carbons (Fsp3) is 0.333. The highest BCUT2D eigenvalue weighted by Gasteiger charge is 2.02. The smallest absolute Gasteiger partial charge is 0.0452 e. The second-order valence-electron chi connectivity index (χ2n) is 2.08. The lowest BCUT2D eigenvalue weighted by Crippen LogP contribution is -2.11. The van der Waals surface area contributed by atoms with Gasteiger partial charge < -0.3 is 5.73 Å². The third-order valence-corrected chi connectivity index (χ3v) is 2.01. The topological polar surface area (TPSA) is 74.8 Å². The van der Waals surface area contributed by atoms with Gasteiger partial charge in [-0.1, -0.05) is 5.11 Å². The molecule has 0 saturated heterocycles. The van der Waals surface area contributed by atoms with E-state index in [-0.39, 0.29) is 6.04 Å². The lowest BCUT2D eigenvalue weighted by Gasteiger charge is -2.03. The second-order valence-corrected chi connectivity index (χ2v) is 2.86. The van der Waals surface area contributed by atoms with Crippen LogP contribution in [0.25, 0.3) is 10.4 Å². The number of nitrogens with zero attached hydrogens (tertiary/aromatic N) is 3. The van der Waals surface area contributed by atoms with E-state index in [4.69, 9.17) is 11.3 Å². The normalized spacial score (nSPS) is 12.1. The predicted molar refractivity (Wildman–Crippen MR) is 45.3 cm³/mol. The van der Waals surface area contributed by atoms with Gasteiger partial charge in [-0.15, -0.1) is 0 Å². The minimum absolute atomic E-state index is 0.155. The van der Waals surface area contributed by atoms with Gasteiger partial charge in [0, 0.05) is 17.5 Å². The molecule has 1 rings (SSSR count). The van der Waals surface area contributed by atoms with Crippen molar-refractivity contribution in [3.8, 4) is 0 Å². The number of rotatable bonds is 3. The first-order valence-corrected chi connectivity index (χ1v) is 4.07. The minimum atomic E-state index is -0.155. The first-order valence-electron chi connectivity index (χ1n) is 3.13. The van der Waals surface area contributed by atoms with Crippen molar-refractivity contribution in [2.24, 2.45) is 10.8 Å². The molecule has 0 unspecified atom stereocenters. The van der Waals surface area contributed by atoms with Crippen LogP contribution in [0.1, 0.15) is 11.6 Å². The molecule has 4 nitrogen and oxygen atoms in total. The molecule has 1 atom stereocenters. The Kier molecular flexibility index (Phi) is 2.92. The Labute approximate surface area is 68.3 Å². The summed E-state index contributed by atoms with van der Waals surface area (Å²) in [6.45, 7) is 0.327. The van der Waals surface area contributed by atoms with Crippen molar-refractivity contribution < 1.29 is 0 Å². The Hall–Kier alpha value is -1.03. The zero-order chi connectivity index (χ0) is 8.10. The first-order chi connectivity index (χ1) is 5.34. The lowest BCUT2D eigenvalue weighted by atomic mass is 10.2. The third-order valence-electron chi connectivity index (χ3n) is 1.31. The fourth-order valence-corrected chi connectivity index (χ4v) is 1.44. The van der Waals surface area contributed by atoms with Crippen molar-refractivity contribution in [2.75, 3.05) is 6.54 Å². The molecule has 11 heavy (non-hydrogen) atoms. The molecular formula is C6H8N4S. The molecule has 2 N–H and O–H groups in total. The zero-order valence-corrected chi connectivity index (χ0v) is 6.66. The van der Waals surface area contributed by atoms with Crippen molar-refractivity contribution in [2.45, 2.75) is 6.04 Å². The van der Waals surface area contributed by atoms with Crippen molar-refractivity contribution in [1.82, 2.24) is 0 Å². The van der Waals surface area contributed by atoms with Gasteiger partial charge in [-0.05, 0) is 27.9 Å². The lowest BCUT2D eigenvalue weighted by molar-refractivity contribution is 0.736. The maximum Gasteiger partial charge on any atom is 0.0452 e. The van der Waals surface area contributed by atoms with E-state index in [9.17, 15) is 0 Å². The molecule has 1 aromatic heterocycles. The molecular weight excluding hydrogens is 160 g/mol. The average molecular weight is 168 g/mol. The van der Waals surface area contributed by atoms with Gasteiger partial charge in [0.1, 0.15) is 0 Å². The Morgan fingerprint density at radius 1 is 1.82 bits per heavy atom. The van der Waals surface area contributed by atoms with Crippen LogP contribution in [0.15, 0.2) is 21.9 Å². The molecule has 1 aromatic rings. The van der Waals surface area contributed by atoms with Crippen molar-refractivity contribution in [3.63, 3.8) is 0 Å². The molecule has 0 bridgehead atoms. The van der Waals surface area contributed by atoms with Gasteiger partial charge >= 0.3 is 0 Å². The van der Waals surface area contributed by atoms with E-state index in [1.165, 1.54) is 0 Å². The molecule has 1 heterocycles. The molecule has 58 valence electrons. The maximum absolute atomic E-state index is 8.02.